The zero-order valence-corrected chi connectivity index (χ0v) is 17.9. The average Bonchev–Trinajstić information content (AvgIpc) is 2.74. The SMILES string of the molecule is COc1ccc(OC)c(N=NC(C(C)=O)C(=O)Nc2ccc(Cl)c(OC)c2OC)c1. The number of methoxy groups -OCH3 is 4. The van der Waals surface area contributed by atoms with Crippen molar-refractivity contribution in [3.8, 4) is 23.0 Å². The molecule has 160 valence electrons. The Morgan fingerprint density at radius 3 is 2.23 bits per heavy atom. The van der Waals surface area contributed by atoms with Crippen LogP contribution in [0.1, 0.15) is 6.92 Å². The molecule has 1 N–H and O–H groups in total. The van der Waals surface area contributed by atoms with Crippen molar-refractivity contribution in [1.82, 2.24) is 0 Å². The Labute approximate surface area is 178 Å². The van der Waals surface area contributed by atoms with Crippen molar-refractivity contribution in [1.29, 1.82) is 0 Å². The van der Waals surface area contributed by atoms with Gasteiger partial charge in [0.05, 0.1) is 39.1 Å². The third kappa shape index (κ3) is 5.18. The van der Waals surface area contributed by atoms with Crippen LogP contribution in [0.15, 0.2) is 40.6 Å². The first kappa shape index (κ1) is 23.0. The molecule has 9 nitrogen and oxygen atoms in total. The second-order valence-corrected chi connectivity index (χ2v) is 6.32. The minimum absolute atomic E-state index is 0.215. The van der Waals surface area contributed by atoms with Crippen LogP contribution in [0.3, 0.4) is 0 Å². The van der Waals surface area contributed by atoms with Gasteiger partial charge in [0.2, 0.25) is 6.04 Å². The van der Waals surface area contributed by atoms with E-state index in [0.717, 1.165) is 0 Å². The summed E-state index contributed by atoms with van der Waals surface area (Å²) in [6, 6.07) is 6.57. The number of anilines is 1. The molecule has 0 fully saturated rings. The molecule has 2 aromatic rings. The number of hydrogen-bond acceptors (Lipinski definition) is 8. The van der Waals surface area contributed by atoms with Gasteiger partial charge >= 0.3 is 0 Å². The van der Waals surface area contributed by atoms with Gasteiger partial charge in [-0.15, -0.1) is 0 Å². The summed E-state index contributed by atoms with van der Waals surface area (Å²) < 4.78 is 20.9. The van der Waals surface area contributed by atoms with Crippen LogP contribution in [0.2, 0.25) is 5.02 Å². The van der Waals surface area contributed by atoms with E-state index < -0.39 is 17.7 Å². The molecule has 0 bridgehead atoms. The number of carbonyl (C=O) groups is 2. The Balaban J connectivity index is 2.33. The van der Waals surface area contributed by atoms with Gasteiger partial charge in [-0.3, -0.25) is 9.59 Å². The molecule has 2 rings (SSSR count). The van der Waals surface area contributed by atoms with E-state index in [-0.39, 0.29) is 17.2 Å². The van der Waals surface area contributed by atoms with E-state index in [4.69, 9.17) is 30.5 Å². The van der Waals surface area contributed by atoms with Crippen LogP contribution < -0.4 is 24.3 Å². The van der Waals surface area contributed by atoms with Gasteiger partial charge in [-0.2, -0.15) is 10.2 Å². The predicted octanol–water partition coefficient (Wildman–Crippen LogP) is 4.05. The van der Waals surface area contributed by atoms with Gasteiger partial charge in [0.15, 0.2) is 17.3 Å². The number of ketones is 1. The maximum absolute atomic E-state index is 12.7. The molecular formula is C20H22ClN3O6. The highest BCUT2D eigenvalue weighted by atomic mass is 35.5. The van der Waals surface area contributed by atoms with Crippen LogP contribution in [0.5, 0.6) is 23.0 Å². The first-order valence-corrected chi connectivity index (χ1v) is 9.08. The maximum atomic E-state index is 12.7. The van der Waals surface area contributed by atoms with Gasteiger partial charge in [0.25, 0.3) is 5.91 Å². The summed E-state index contributed by atoms with van der Waals surface area (Å²) in [5.74, 6) is 0.192. The van der Waals surface area contributed by atoms with Crippen molar-refractivity contribution in [3.63, 3.8) is 0 Å². The number of hydrogen-bond donors (Lipinski definition) is 1. The molecule has 1 amide bonds. The van der Waals surface area contributed by atoms with Crippen molar-refractivity contribution in [2.75, 3.05) is 33.8 Å². The minimum atomic E-state index is -1.40. The van der Waals surface area contributed by atoms with E-state index in [1.165, 1.54) is 47.5 Å². The zero-order valence-electron chi connectivity index (χ0n) is 17.2. The van der Waals surface area contributed by atoms with E-state index in [1.54, 1.807) is 18.2 Å². The Bertz CT molecular complexity index is 964. The normalized spacial score (nSPS) is 11.7. The minimum Gasteiger partial charge on any atom is -0.497 e. The van der Waals surface area contributed by atoms with E-state index >= 15 is 0 Å². The Morgan fingerprint density at radius 2 is 1.67 bits per heavy atom. The van der Waals surface area contributed by atoms with Crippen molar-refractivity contribution >= 4 is 34.7 Å². The van der Waals surface area contributed by atoms with Crippen molar-refractivity contribution in [2.24, 2.45) is 10.2 Å². The summed E-state index contributed by atoms with van der Waals surface area (Å²) >= 11 is 6.07. The lowest BCUT2D eigenvalue weighted by Crippen LogP contribution is -2.32. The Hall–Kier alpha value is -3.33. The van der Waals surface area contributed by atoms with E-state index in [2.05, 4.69) is 15.5 Å². The maximum Gasteiger partial charge on any atom is 0.258 e. The summed E-state index contributed by atoms with van der Waals surface area (Å²) in [7, 11) is 5.79. The number of rotatable bonds is 9. The second-order valence-electron chi connectivity index (χ2n) is 5.92. The van der Waals surface area contributed by atoms with Crippen LogP contribution in [0.4, 0.5) is 11.4 Å². The highest BCUT2D eigenvalue weighted by Gasteiger charge is 2.25. The third-order valence-corrected chi connectivity index (χ3v) is 4.33. The van der Waals surface area contributed by atoms with Crippen LogP contribution in [-0.4, -0.2) is 46.2 Å². The number of amides is 1. The fourth-order valence-electron chi connectivity index (χ4n) is 2.54. The quantitative estimate of drug-likeness (QED) is 0.470. The highest BCUT2D eigenvalue weighted by molar-refractivity contribution is 6.32. The summed E-state index contributed by atoms with van der Waals surface area (Å²) in [6.07, 6.45) is 0. The number of azo groups is 1. The largest absolute Gasteiger partial charge is 0.497 e. The fourth-order valence-corrected chi connectivity index (χ4v) is 2.77. The molecule has 0 aliphatic rings. The first-order chi connectivity index (χ1) is 14.4. The van der Waals surface area contributed by atoms with Gasteiger partial charge in [0.1, 0.15) is 17.2 Å². The zero-order chi connectivity index (χ0) is 22.3. The molecule has 1 atom stereocenters. The fraction of sp³-hybridized carbons (Fsp3) is 0.300. The molecule has 0 heterocycles. The smallest absolute Gasteiger partial charge is 0.258 e. The summed E-state index contributed by atoms with van der Waals surface area (Å²) in [6.45, 7) is 1.24. The molecule has 30 heavy (non-hydrogen) atoms. The molecule has 0 saturated carbocycles. The number of halogens is 1. The van der Waals surface area contributed by atoms with Crippen molar-refractivity contribution in [3.05, 3.63) is 35.4 Å². The summed E-state index contributed by atoms with van der Waals surface area (Å²) in [4.78, 5) is 24.8. The van der Waals surface area contributed by atoms with Crippen molar-refractivity contribution < 1.29 is 28.5 Å². The lowest BCUT2D eigenvalue weighted by atomic mass is 10.2. The Morgan fingerprint density at radius 1 is 0.967 bits per heavy atom. The van der Waals surface area contributed by atoms with Gasteiger partial charge in [-0.25, -0.2) is 0 Å². The molecule has 0 aromatic heterocycles. The van der Waals surface area contributed by atoms with Crippen LogP contribution in [0.25, 0.3) is 0 Å². The standard InChI is InChI=1S/C20H22ClN3O6/c1-11(25)17(24-23-15-10-12(27-2)6-9-16(15)28-3)20(26)22-14-8-7-13(21)18(29-4)19(14)30-5/h6-10,17H,1-5H3,(H,22,26). The number of carbonyl (C=O) groups excluding carboxylic acids is 2. The monoisotopic (exact) mass is 435 g/mol. The molecule has 0 aliphatic heterocycles. The highest BCUT2D eigenvalue weighted by Crippen LogP contribution is 2.41. The summed E-state index contributed by atoms with van der Waals surface area (Å²) in [5, 5.41) is 10.8. The number of benzene rings is 2. The molecule has 0 aliphatic carbocycles. The molecule has 1 unspecified atom stereocenters. The molecule has 2 aromatic carbocycles. The van der Waals surface area contributed by atoms with Gasteiger partial charge < -0.3 is 24.3 Å². The third-order valence-electron chi connectivity index (χ3n) is 4.03. The molecule has 10 heteroatoms. The van der Waals surface area contributed by atoms with E-state index in [1.807, 2.05) is 0 Å². The average molecular weight is 436 g/mol. The van der Waals surface area contributed by atoms with Gasteiger partial charge in [-0.1, -0.05) is 11.6 Å². The van der Waals surface area contributed by atoms with Gasteiger partial charge in [0, 0.05) is 6.07 Å². The van der Waals surface area contributed by atoms with Crippen LogP contribution >= 0.6 is 11.6 Å². The van der Waals surface area contributed by atoms with Gasteiger partial charge in [-0.05, 0) is 31.2 Å². The molecular weight excluding hydrogens is 414 g/mol. The number of ether oxygens (including phenoxy) is 4. The first-order valence-electron chi connectivity index (χ1n) is 8.70. The second kappa shape index (κ2) is 10.4. The molecule has 0 radical (unpaired) electrons. The number of nitrogens with one attached hydrogen (secondary N) is 1. The van der Waals surface area contributed by atoms with E-state index in [0.29, 0.717) is 22.2 Å². The van der Waals surface area contributed by atoms with Crippen LogP contribution in [-0.2, 0) is 9.59 Å². The Kier molecular flexibility index (Phi) is 7.99. The van der Waals surface area contributed by atoms with Crippen molar-refractivity contribution in [2.45, 2.75) is 13.0 Å². The van der Waals surface area contributed by atoms with E-state index in [9.17, 15) is 9.59 Å². The van der Waals surface area contributed by atoms with Crippen LogP contribution in [0, 0.1) is 0 Å². The molecule has 0 spiro atoms. The lowest BCUT2D eigenvalue weighted by Gasteiger charge is -2.16. The number of Topliss-reactive ketones (excluding diaryl/α,β-unsaturated/α-hetero) is 1. The molecule has 0 saturated heterocycles. The predicted molar refractivity (Wildman–Crippen MR) is 112 cm³/mol. The summed E-state index contributed by atoms with van der Waals surface area (Å²) in [5.41, 5.74) is 0.575. The lowest BCUT2D eigenvalue weighted by molar-refractivity contribution is -0.126. The number of nitrogens with zero attached hydrogens (tertiary/aromatic N) is 2. The topological polar surface area (TPSA) is 108 Å².